The van der Waals surface area contributed by atoms with Gasteiger partial charge in [-0.2, -0.15) is 18.4 Å². The number of amides is 1. The number of carbonyl (C=O) groups is 1. The average molecular weight is 516 g/mol. The molecule has 2 aromatic carbocycles. The Hall–Kier alpha value is -3.57. The average Bonchev–Trinajstić information content (AvgIpc) is 2.83. The molecule has 0 aliphatic carbocycles. The first-order valence-corrected chi connectivity index (χ1v) is 11.5. The van der Waals surface area contributed by atoms with E-state index >= 15 is 0 Å². The summed E-state index contributed by atoms with van der Waals surface area (Å²) >= 11 is 6.02. The topological polar surface area (TPSA) is 75.0 Å². The Morgan fingerprint density at radius 1 is 1.14 bits per heavy atom. The molecule has 0 spiro atoms. The summed E-state index contributed by atoms with van der Waals surface area (Å²) in [5, 5.41) is 12.9. The zero-order valence-electron chi connectivity index (χ0n) is 19.9. The lowest BCUT2D eigenvalue weighted by molar-refractivity contribution is -0.138. The Bertz CT molecular complexity index is 1240. The molecule has 0 unspecified atom stereocenters. The summed E-state index contributed by atoms with van der Waals surface area (Å²) in [6.45, 7) is 4.88. The number of rotatable bonds is 8. The van der Waals surface area contributed by atoms with Gasteiger partial charge in [-0.05, 0) is 68.7 Å². The third-order valence-corrected chi connectivity index (χ3v) is 6.00. The van der Waals surface area contributed by atoms with Crippen LogP contribution < -0.4 is 10.1 Å². The molecular weight excluding hydrogens is 491 g/mol. The fourth-order valence-electron chi connectivity index (χ4n) is 3.69. The normalized spacial score (nSPS) is 13.4. The van der Waals surface area contributed by atoms with E-state index in [1.54, 1.807) is 30.3 Å². The largest absolute Gasteiger partial charge is 0.462 e. The Balaban J connectivity index is 1.79. The third kappa shape index (κ3) is 6.98. The van der Waals surface area contributed by atoms with E-state index < -0.39 is 23.2 Å². The number of nitrogens with one attached hydrogen (secondary N) is 1. The molecule has 3 aromatic rings. The van der Waals surface area contributed by atoms with Gasteiger partial charge < -0.3 is 10.1 Å². The summed E-state index contributed by atoms with van der Waals surface area (Å²) in [4.78, 5) is 16.8. The van der Waals surface area contributed by atoms with Crippen molar-refractivity contribution in [3.05, 3.63) is 94.1 Å². The maximum absolute atomic E-state index is 13.1. The number of nitrogens with zero attached hydrogens (tertiary/aromatic N) is 2. The molecule has 1 aromatic heterocycles. The van der Waals surface area contributed by atoms with Gasteiger partial charge in [0.2, 0.25) is 5.88 Å². The number of halogens is 4. The van der Waals surface area contributed by atoms with E-state index in [-0.39, 0.29) is 17.8 Å². The summed E-state index contributed by atoms with van der Waals surface area (Å²) < 4.78 is 44.0. The minimum atomic E-state index is -4.52. The zero-order valence-corrected chi connectivity index (χ0v) is 20.7. The van der Waals surface area contributed by atoms with Gasteiger partial charge in [0.25, 0.3) is 5.91 Å². The fourth-order valence-corrected chi connectivity index (χ4v) is 3.82. The van der Waals surface area contributed by atoms with E-state index in [2.05, 4.69) is 16.4 Å². The molecule has 0 bridgehead atoms. The number of nitriles is 1. The van der Waals surface area contributed by atoms with E-state index in [0.717, 1.165) is 23.3 Å². The number of pyridine rings is 1. The highest BCUT2D eigenvalue weighted by molar-refractivity contribution is 6.30. The molecule has 9 heteroatoms. The monoisotopic (exact) mass is 515 g/mol. The van der Waals surface area contributed by atoms with Crippen LogP contribution in [0.4, 0.5) is 13.2 Å². The highest BCUT2D eigenvalue weighted by atomic mass is 35.5. The Labute approximate surface area is 212 Å². The Morgan fingerprint density at radius 2 is 1.83 bits per heavy atom. The molecule has 3 rings (SSSR count). The first kappa shape index (κ1) is 27.0. The number of hydrogen-bond acceptors (Lipinski definition) is 4. The van der Waals surface area contributed by atoms with E-state index in [1.807, 2.05) is 25.1 Å². The second-order valence-electron chi connectivity index (χ2n) is 8.93. The predicted octanol–water partition coefficient (Wildman–Crippen LogP) is 6.31. The molecule has 1 N–H and O–H groups in total. The van der Waals surface area contributed by atoms with E-state index in [1.165, 1.54) is 13.8 Å². The number of alkyl halides is 3. The molecule has 1 heterocycles. The van der Waals surface area contributed by atoms with Crippen molar-refractivity contribution in [1.29, 1.82) is 5.26 Å². The van der Waals surface area contributed by atoms with Crippen molar-refractivity contribution in [1.82, 2.24) is 10.3 Å². The SMILES string of the molecule is C[C@H](NC(=O)C(C)(C)Oc1ccc(C(F)(F)F)cn1)[C@H](Cc1ccc(Cl)cc1)c1cccc(C#N)c1. The van der Waals surface area contributed by atoms with Crippen molar-refractivity contribution in [2.75, 3.05) is 0 Å². The maximum Gasteiger partial charge on any atom is 0.417 e. The fraction of sp³-hybridized carbons (Fsp3) is 0.296. The van der Waals surface area contributed by atoms with Crippen molar-refractivity contribution in [2.45, 2.75) is 50.9 Å². The molecule has 0 saturated heterocycles. The Morgan fingerprint density at radius 3 is 2.42 bits per heavy atom. The van der Waals surface area contributed by atoms with Crippen LogP contribution in [-0.2, 0) is 17.4 Å². The molecule has 5 nitrogen and oxygen atoms in total. The van der Waals surface area contributed by atoms with E-state index in [0.29, 0.717) is 23.2 Å². The lowest BCUT2D eigenvalue weighted by Crippen LogP contribution is -2.51. The van der Waals surface area contributed by atoms with Crippen molar-refractivity contribution in [2.24, 2.45) is 0 Å². The van der Waals surface area contributed by atoms with Gasteiger partial charge in [0.1, 0.15) is 0 Å². The van der Waals surface area contributed by atoms with Crippen LogP contribution in [0.25, 0.3) is 0 Å². The number of carbonyl (C=O) groups excluding carboxylic acids is 1. The van der Waals surface area contributed by atoms with E-state index in [4.69, 9.17) is 16.3 Å². The molecule has 0 fully saturated rings. The minimum Gasteiger partial charge on any atom is -0.462 e. The van der Waals surface area contributed by atoms with Gasteiger partial charge in [0.15, 0.2) is 5.60 Å². The predicted molar refractivity (Wildman–Crippen MR) is 131 cm³/mol. The van der Waals surface area contributed by atoms with Gasteiger partial charge in [-0.25, -0.2) is 4.98 Å². The van der Waals surface area contributed by atoms with Gasteiger partial charge in [-0.1, -0.05) is 35.9 Å². The van der Waals surface area contributed by atoms with Crippen LogP contribution in [-0.4, -0.2) is 22.5 Å². The third-order valence-electron chi connectivity index (χ3n) is 5.75. The highest BCUT2D eigenvalue weighted by Gasteiger charge is 2.34. The molecule has 0 saturated carbocycles. The lowest BCUT2D eigenvalue weighted by Gasteiger charge is -2.30. The first-order valence-electron chi connectivity index (χ1n) is 11.2. The van der Waals surface area contributed by atoms with Crippen molar-refractivity contribution >= 4 is 17.5 Å². The van der Waals surface area contributed by atoms with Crippen LogP contribution >= 0.6 is 11.6 Å². The molecule has 36 heavy (non-hydrogen) atoms. The van der Waals surface area contributed by atoms with Crippen molar-refractivity contribution in [3.63, 3.8) is 0 Å². The molecule has 0 aliphatic heterocycles. The second-order valence-corrected chi connectivity index (χ2v) is 9.37. The highest BCUT2D eigenvalue weighted by Crippen LogP contribution is 2.30. The number of hydrogen-bond donors (Lipinski definition) is 1. The van der Waals surface area contributed by atoms with Crippen LogP contribution in [0.5, 0.6) is 5.88 Å². The smallest absolute Gasteiger partial charge is 0.417 e. The van der Waals surface area contributed by atoms with Crippen LogP contribution in [0.2, 0.25) is 5.02 Å². The number of aromatic nitrogens is 1. The molecule has 1 amide bonds. The van der Waals surface area contributed by atoms with Crippen LogP contribution in [0, 0.1) is 11.3 Å². The number of ether oxygens (including phenoxy) is 1. The minimum absolute atomic E-state index is 0.102. The summed E-state index contributed by atoms with van der Waals surface area (Å²) in [6, 6.07) is 18.3. The quantitative estimate of drug-likeness (QED) is 0.381. The van der Waals surface area contributed by atoms with Gasteiger partial charge >= 0.3 is 6.18 Å². The van der Waals surface area contributed by atoms with Gasteiger partial charge in [0, 0.05) is 29.2 Å². The molecule has 0 aliphatic rings. The summed E-state index contributed by atoms with van der Waals surface area (Å²) in [7, 11) is 0. The van der Waals surface area contributed by atoms with Crippen molar-refractivity contribution in [3.8, 4) is 11.9 Å². The van der Waals surface area contributed by atoms with Gasteiger partial charge in [0.05, 0.1) is 17.2 Å². The molecular formula is C27H25ClF3N3O2. The molecule has 188 valence electrons. The summed E-state index contributed by atoms with van der Waals surface area (Å²) in [5.74, 6) is -0.757. The first-order chi connectivity index (χ1) is 16.9. The van der Waals surface area contributed by atoms with Crippen molar-refractivity contribution < 1.29 is 22.7 Å². The van der Waals surface area contributed by atoms with Crippen LogP contribution in [0.15, 0.2) is 66.9 Å². The molecule has 0 radical (unpaired) electrons. The summed E-state index contributed by atoms with van der Waals surface area (Å²) in [5.41, 5.74) is 0.0529. The lowest BCUT2D eigenvalue weighted by atomic mass is 9.85. The summed E-state index contributed by atoms with van der Waals surface area (Å²) in [6.07, 6.45) is -3.29. The van der Waals surface area contributed by atoms with E-state index in [9.17, 15) is 23.2 Å². The van der Waals surface area contributed by atoms with Gasteiger partial charge in [-0.15, -0.1) is 0 Å². The molecule has 2 atom stereocenters. The standard InChI is InChI=1S/C27H25ClF3N3O2/c1-17(34-25(35)26(2,3)36-24-12-9-21(16-33-24)27(29,30)31)23(14-18-7-10-22(28)11-8-18)20-6-4-5-19(13-20)15-32/h4-13,16-17,23H,14H2,1-3H3,(H,34,35)/t17-,23-/m0/s1. The zero-order chi connectivity index (χ0) is 26.5. The van der Waals surface area contributed by atoms with Crippen LogP contribution in [0.3, 0.4) is 0 Å². The maximum atomic E-state index is 13.1. The van der Waals surface area contributed by atoms with Gasteiger partial charge in [-0.3, -0.25) is 4.79 Å². The second kappa shape index (κ2) is 11.0. The number of benzene rings is 2. The Kier molecular flexibility index (Phi) is 8.26. The van der Waals surface area contributed by atoms with Crippen LogP contribution in [0.1, 0.15) is 48.9 Å².